The van der Waals surface area contributed by atoms with Crippen LogP contribution in [-0.2, 0) is 9.59 Å². The number of rotatable bonds is 7. The Morgan fingerprint density at radius 3 is 2.43 bits per heavy atom. The predicted molar refractivity (Wildman–Crippen MR) is 83.9 cm³/mol. The maximum Gasteiger partial charge on any atom is 0.222 e. The minimum absolute atomic E-state index is 0.121. The summed E-state index contributed by atoms with van der Waals surface area (Å²) in [5.74, 6) is -0.0780. The Balaban J connectivity index is 2.67. The van der Waals surface area contributed by atoms with Gasteiger partial charge in [0.05, 0.1) is 12.5 Å². The van der Waals surface area contributed by atoms with Crippen LogP contribution in [0.25, 0.3) is 0 Å². The van der Waals surface area contributed by atoms with Crippen molar-refractivity contribution in [2.75, 3.05) is 13.1 Å². The predicted octanol–water partition coefficient (Wildman–Crippen LogP) is 1.62. The molecule has 0 saturated carbocycles. The zero-order valence-corrected chi connectivity index (χ0v) is 13.1. The van der Waals surface area contributed by atoms with Gasteiger partial charge < -0.3 is 16.4 Å². The molecule has 0 aliphatic rings. The lowest BCUT2D eigenvalue weighted by Crippen LogP contribution is -2.35. The smallest absolute Gasteiger partial charge is 0.222 e. The van der Waals surface area contributed by atoms with Gasteiger partial charge in [0.25, 0.3) is 0 Å². The summed E-state index contributed by atoms with van der Waals surface area (Å²) < 4.78 is 0. The number of halogens is 1. The van der Waals surface area contributed by atoms with E-state index in [2.05, 4.69) is 10.6 Å². The third-order valence-corrected chi connectivity index (χ3v) is 3.34. The van der Waals surface area contributed by atoms with Crippen molar-refractivity contribution in [1.29, 1.82) is 0 Å². The van der Waals surface area contributed by atoms with Gasteiger partial charge in [-0.05, 0) is 30.2 Å². The van der Waals surface area contributed by atoms with Crippen molar-refractivity contribution in [2.45, 2.75) is 26.3 Å². The number of hydrogen-bond donors (Lipinski definition) is 3. The molecule has 1 aromatic carbocycles. The van der Waals surface area contributed by atoms with Gasteiger partial charge >= 0.3 is 0 Å². The molecule has 2 atom stereocenters. The van der Waals surface area contributed by atoms with Crippen molar-refractivity contribution in [2.24, 2.45) is 11.7 Å². The fraction of sp³-hybridized carbons (Fsp3) is 0.467. The lowest BCUT2D eigenvalue weighted by Gasteiger charge is -2.19. The SMILES string of the molecule is CC(=O)NC(CC(=O)NCC(C)CN)c1ccc(Cl)cc1. The van der Waals surface area contributed by atoms with E-state index in [1.807, 2.05) is 6.92 Å². The van der Waals surface area contributed by atoms with Gasteiger partial charge in [-0.3, -0.25) is 9.59 Å². The molecular formula is C15H22ClN3O2. The molecule has 6 heteroatoms. The van der Waals surface area contributed by atoms with E-state index < -0.39 is 0 Å². The first-order valence-corrected chi connectivity index (χ1v) is 7.29. The van der Waals surface area contributed by atoms with Crippen LogP contribution in [0.5, 0.6) is 0 Å². The van der Waals surface area contributed by atoms with Gasteiger partial charge in [0, 0.05) is 18.5 Å². The van der Waals surface area contributed by atoms with E-state index in [-0.39, 0.29) is 30.2 Å². The van der Waals surface area contributed by atoms with Crippen LogP contribution in [0.4, 0.5) is 0 Å². The number of nitrogens with one attached hydrogen (secondary N) is 2. The van der Waals surface area contributed by atoms with Crippen molar-refractivity contribution in [3.8, 4) is 0 Å². The lowest BCUT2D eigenvalue weighted by molar-refractivity contribution is -0.122. The van der Waals surface area contributed by atoms with Gasteiger partial charge in [0.2, 0.25) is 11.8 Å². The molecule has 1 aromatic rings. The van der Waals surface area contributed by atoms with Gasteiger partial charge in [-0.25, -0.2) is 0 Å². The first-order chi connectivity index (χ1) is 9.92. The fourth-order valence-electron chi connectivity index (χ4n) is 1.82. The summed E-state index contributed by atoms with van der Waals surface area (Å²) in [6, 6.07) is 6.71. The van der Waals surface area contributed by atoms with Gasteiger partial charge in [0.15, 0.2) is 0 Å². The third-order valence-electron chi connectivity index (χ3n) is 3.09. The second kappa shape index (κ2) is 8.64. The van der Waals surface area contributed by atoms with Crippen LogP contribution >= 0.6 is 11.6 Å². The average molecular weight is 312 g/mol. The van der Waals surface area contributed by atoms with E-state index in [1.54, 1.807) is 24.3 Å². The summed E-state index contributed by atoms with van der Waals surface area (Å²) in [4.78, 5) is 23.3. The van der Waals surface area contributed by atoms with Crippen molar-refractivity contribution in [1.82, 2.24) is 10.6 Å². The molecule has 0 fully saturated rings. The quantitative estimate of drug-likeness (QED) is 0.715. The maximum atomic E-state index is 12.0. The molecule has 0 spiro atoms. The lowest BCUT2D eigenvalue weighted by atomic mass is 10.0. The molecule has 1 rings (SSSR count). The van der Waals surface area contributed by atoms with Crippen molar-refractivity contribution >= 4 is 23.4 Å². The summed E-state index contributed by atoms with van der Waals surface area (Å²) >= 11 is 5.85. The number of hydrogen-bond acceptors (Lipinski definition) is 3. The number of carbonyl (C=O) groups is 2. The van der Waals surface area contributed by atoms with Crippen molar-refractivity contribution < 1.29 is 9.59 Å². The highest BCUT2D eigenvalue weighted by molar-refractivity contribution is 6.30. The van der Waals surface area contributed by atoms with E-state index in [9.17, 15) is 9.59 Å². The molecule has 116 valence electrons. The molecule has 21 heavy (non-hydrogen) atoms. The third kappa shape index (κ3) is 6.60. The Morgan fingerprint density at radius 2 is 1.90 bits per heavy atom. The maximum absolute atomic E-state index is 12.0. The highest BCUT2D eigenvalue weighted by Gasteiger charge is 2.17. The van der Waals surface area contributed by atoms with Crippen LogP contribution in [0, 0.1) is 5.92 Å². The Hall–Kier alpha value is -1.59. The minimum atomic E-state index is -0.368. The molecule has 0 aromatic heterocycles. The molecule has 2 amide bonds. The van der Waals surface area contributed by atoms with E-state index in [1.165, 1.54) is 6.92 Å². The fourth-order valence-corrected chi connectivity index (χ4v) is 1.95. The molecule has 0 radical (unpaired) electrons. The number of carbonyl (C=O) groups excluding carboxylic acids is 2. The zero-order valence-electron chi connectivity index (χ0n) is 12.4. The van der Waals surface area contributed by atoms with Gasteiger partial charge in [0.1, 0.15) is 0 Å². The van der Waals surface area contributed by atoms with E-state index in [4.69, 9.17) is 17.3 Å². The average Bonchev–Trinajstić information content (AvgIpc) is 2.44. The summed E-state index contributed by atoms with van der Waals surface area (Å²) in [6.45, 7) is 4.44. The first kappa shape index (κ1) is 17.5. The number of amides is 2. The number of nitrogens with two attached hydrogens (primary N) is 1. The first-order valence-electron chi connectivity index (χ1n) is 6.91. The molecule has 5 nitrogen and oxygen atoms in total. The number of benzene rings is 1. The van der Waals surface area contributed by atoms with Crippen LogP contribution < -0.4 is 16.4 Å². The minimum Gasteiger partial charge on any atom is -0.356 e. The summed E-state index contributed by atoms with van der Waals surface area (Å²) in [7, 11) is 0. The van der Waals surface area contributed by atoms with Crippen LogP contribution in [0.2, 0.25) is 5.02 Å². The van der Waals surface area contributed by atoms with Gasteiger partial charge in [-0.1, -0.05) is 30.7 Å². The van der Waals surface area contributed by atoms with Gasteiger partial charge in [-0.2, -0.15) is 0 Å². The second-order valence-corrected chi connectivity index (χ2v) is 5.59. The van der Waals surface area contributed by atoms with Crippen LogP contribution in [0.1, 0.15) is 31.9 Å². The van der Waals surface area contributed by atoms with Crippen LogP contribution in [0.3, 0.4) is 0 Å². The van der Waals surface area contributed by atoms with E-state index in [0.29, 0.717) is 18.1 Å². The molecule has 4 N–H and O–H groups in total. The van der Waals surface area contributed by atoms with E-state index >= 15 is 0 Å². The summed E-state index contributed by atoms with van der Waals surface area (Å²) in [5, 5.41) is 6.22. The zero-order chi connectivity index (χ0) is 15.8. The normalized spacial score (nSPS) is 13.3. The van der Waals surface area contributed by atoms with Crippen LogP contribution in [0.15, 0.2) is 24.3 Å². The molecule has 0 aliphatic carbocycles. The highest BCUT2D eigenvalue weighted by Crippen LogP contribution is 2.19. The van der Waals surface area contributed by atoms with Gasteiger partial charge in [-0.15, -0.1) is 0 Å². The Kier molecular flexibility index (Phi) is 7.19. The molecule has 0 saturated heterocycles. The second-order valence-electron chi connectivity index (χ2n) is 5.15. The van der Waals surface area contributed by atoms with Crippen LogP contribution in [-0.4, -0.2) is 24.9 Å². The van der Waals surface area contributed by atoms with E-state index in [0.717, 1.165) is 5.56 Å². The van der Waals surface area contributed by atoms with Crippen molar-refractivity contribution in [3.05, 3.63) is 34.9 Å². The Bertz CT molecular complexity index is 476. The highest BCUT2D eigenvalue weighted by atomic mass is 35.5. The Morgan fingerprint density at radius 1 is 1.29 bits per heavy atom. The molecule has 0 bridgehead atoms. The standard InChI is InChI=1S/C15H22ClN3O2/c1-10(8-17)9-18-15(21)7-14(19-11(2)20)12-3-5-13(16)6-4-12/h3-6,10,14H,7-9,17H2,1-2H3,(H,18,21)(H,19,20). The molecular weight excluding hydrogens is 290 g/mol. The molecule has 0 heterocycles. The monoisotopic (exact) mass is 311 g/mol. The summed E-state index contributed by atoms with van der Waals surface area (Å²) in [6.07, 6.45) is 0.179. The molecule has 2 unspecified atom stereocenters. The Labute approximate surface area is 130 Å². The van der Waals surface area contributed by atoms with Crippen molar-refractivity contribution in [3.63, 3.8) is 0 Å². The molecule has 0 aliphatic heterocycles. The largest absolute Gasteiger partial charge is 0.356 e. The topological polar surface area (TPSA) is 84.2 Å². The summed E-state index contributed by atoms with van der Waals surface area (Å²) in [5.41, 5.74) is 6.35.